The van der Waals surface area contributed by atoms with Gasteiger partial charge in [0.25, 0.3) is 0 Å². The molecule has 2 aliphatic rings. The van der Waals surface area contributed by atoms with Crippen LogP contribution in [0.25, 0.3) is 0 Å². The van der Waals surface area contributed by atoms with Gasteiger partial charge in [-0.25, -0.2) is 0 Å². The normalized spacial score (nSPS) is 29.6. The molecule has 0 radical (unpaired) electrons. The lowest BCUT2D eigenvalue weighted by Gasteiger charge is -2.19. The van der Waals surface area contributed by atoms with Crippen molar-refractivity contribution in [3.05, 3.63) is 11.7 Å². The summed E-state index contributed by atoms with van der Waals surface area (Å²) >= 11 is 0. The average Bonchev–Trinajstić information content (AvgIpc) is 3.02. The number of nitrogens with one attached hydrogen (secondary N) is 2. The molecule has 2 fully saturated rings. The third-order valence-electron chi connectivity index (χ3n) is 3.73. The Kier molecular flexibility index (Phi) is 3.38. The monoisotopic (exact) mass is 236 g/mol. The molecule has 0 aromatic carbocycles. The summed E-state index contributed by atoms with van der Waals surface area (Å²) in [5.41, 5.74) is 0. The topological polar surface area (TPSA) is 63.0 Å². The largest absolute Gasteiger partial charge is 0.338 e. The molecule has 1 aromatic rings. The minimum absolute atomic E-state index is 0.284. The first kappa shape index (κ1) is 11.2. The smallest absolute Gasteiger partial charge is 0.243 e. The molecule has 0 saturated carbocycles. The quantitative estimate of drug-likeness (QED) is 0.821. The molecular weight excluding hydrogens is 216 g/mol. The van der Waals surface area contributed by atoms with Crippen LogP contribution in [0.2, 0.25) is 0 Å². The third-order valence-corrected chi connectivity index (χ3v) is 3.73. The molecule has 0 amide bonds. The Morgan fingerprint density at radius 2 is 2.24 bits per heavy atom. The van der Waals surface area contributed by atoms with Gasteiger partial charge in [0.2, 0.25) is 5.89 Å². The van der Waals surface area contributed by atoms with Crippen molar-refractivity contribution in [2.45, 2.75) is 38.1 Å². The van der Waals surface area contributed by atoms with E-state index >= 15 is 0 Å². The van der Waals surface area contributed by atoms with Gasteiger partial charge in [0.05, 0.1) is 6.04 Å². The molecule has 2 saturated heterocycles. The highest BCUT2D eigenvalue weighted by Gasteiger charge is 2.22. The van der Waals surface area contributed by atoms with E-state index in [1.54, 1.807) is 0 Å². The molecule has 0 aliphatic carbocycles. The van der Waals surface area contributed by atoms with Gasteiger partial charge in [-0.3, -0.25) is 0 Å². The van der Waals surface area contributed by atoms with Gasteiger partial charge in [-0.05, 0) is 44.8 Å². The van der Waals surface area contributed by atoms with Crippen molar-refractivity contribution >= 4 is 0 Å². The van der Waals surface area contributed by atoms with Crippen molar-refractivity contribution in [3.63, 3.8) is 0 Å². The second kappa shape index (κ2) is 5.14. The predicted molar refractivity (Wildman–Crippen MR) is 63.6 cm³/mol. The zero-order valence-electron chi connectivity index (χ0n) is 10.1. The molecule has 2 aliphatic heterocycles. The van der Waals surface area contributed by atoms with Gasteiger partial charge in [-0.1, -0.05) is 11.6 Å². The van der Waals surface area contributed by atoms with Gasteiger partial charge >= 0.3 is 0 Å². The maximum atomic E-state index is 5.37. The first-order valence-electron chi connectivity index (χ1n) is 6.68. The van der Waals surface area contributed by atoms with E-state index in [-0.39, 0.29) is 6.04 Å². The molecule has 94 valence electrons. The standard InChI is InChI=1S/C12H20N4O/c1-2-5-14-10(3-1)12-15-11(16-17-12)7-9-4-6-13-8-9/h9-10,13-14H,1-8H2. The lowest BCUT2D eigenvalue weighted by atomic mass is 10.0. The Morgan fingerprint density at radius 3 is 3.00 bits per heavy atom. The lowest BCUT2D eigenvalue weighted by molar-refractivity contribution is 0.295. The van der Waals surface area contributed by atoms with Crippen molar-refractivity contribution < 1.29 is 4.52 Å². The molecule has 2 unspecified atom stereocenters. The van der Waals surface area contributed by atoms with Crippen LogP contribution in [0.3, 0.4) is 0 Å². The number of rotatable bonds is 3. The summed E-state index contributed by atoms with van der Waals surface area (Å²) in [5.74, 6) is 2.34. The van der Waals surface area contributed by atoms with E-state index in [0.717, 1.165) is 44.2 Å². The van der Waals surface area contributed by atoms with Crippen molar-refractivity contribution in [3.8, 4) is 0 Å². The van der Waals surface area contributed by atoms with Crippen LogP contribution >= 0.6 is 0 Å². The Morgan fingerprint density at radius 1 is 1.24 bits per heavy atom. The summed E-state index contributed by atoms with van der Waals surface area (Å²) in [6.07, 6.45) is 5.80. The molecule has 1 aromatic heterocycles. The Labute approximate surface area is 101 Å². The molecule has 5 nitrogen and oxygen atoms in total. The highest BCUT2D eigenvalue weighted by atomic mass is 16.5. The maximum absolute atomic E-state index is 5.37. The molecule has 0 spiro atoms. The van der Waals surface area contributed by atoms with Crippen LogP contribution in [0, 0.1) is 5.92 Å². The summed E-state index contributed by atoms with van der Waals surface area (Å²) in [4.78, 5) is 4.53. The zero-order chi connectivity index (χ0) is 11.5. The number of hydrogen-bond acceptors (Lipinski definition) is 5. The zero-order valence-corrected chi connectivity index (χ0v) is 10.1. The number of hydrogen-bond donors (Lipinski definition) is 2. The van der Waals surface area contributed by atoms with Gasteiger partial charge < -0.3 is 15.2 Å². The number of piperidine rings is 1. The minimum Gasteiger partial charge on any atom is -0.338 e. The Hall–Kier alpha value is -0.940. The Bertz CT molecular complexity index is 353. The van der Waals surface area contributed by atoms with E-state index in [9.17, 15) is 0 Å². The molecule has 17 heavy (non-hydrogen) atoms. The molecule has 3 heterocycles. The van der Waals surface area contributed by atoms with E-state index in [1.807, 2.05) is 0 Å². The molecule has 0 bridgehead atoms. The summed E-state index contributed by atoms with van der Waals surface area (Å²) in [7, 11) is 0. The third kappa shape index (κ3) is 2.66. The lowest BCUT2D eigenvalue weighted by Crippen LogP contribution is -2.27. The van der Waals surface area contributed by atoms with Gasteiger partial charge in [-0.15, -0.1) is 0 Å². The van der Waals surface area contributed by atoms with Gasteiger partial charge in [0.1, 0.15) is 0 Å². The fraction of sp³-hybridized carbons (Fsp3) is 0.833. The SMILES string of the molecule is C1CCC(c2nc(CC3CCNC3)no2)NC1. The summed E-state index contributed by atoms with van der Waals surface area (Å²) in [5, 5.41) is 10.9. The average molecular weight is 236 g/mol. The molecule has 2 atom stereocenters. The first-order chi connectivity index (χ1) is 8.42. The van der Waals surface area contributed by atoms with Gasteiger partial charge in [0, 0.05) is 6.42 Å². The van der Waals surface area contributed by atoms with Crippen molar-refractivity contribution in [1.82, 2.24) is 20.8 Å². The van der Waals surface area contributed by atoms with Crippen LogP contribution in [0.15, 0.2) is 4.52 Å². The van der Waals surface area contributed by atoms with Gasteiger partial charge in [0.15, 0.2) is 5.82 Å². The van der Waals surface area contributed by atoms with E-state index in [2.05, 4.69) is 20.8 Å². The summed E-state index contributed by atoms with van der Waals surface area (Å²) in [6, 6.07) is 0.284. The first-order valence-corrected chi connectivity index (χ1v) is 6.68. The van der Waals surface area contributed by atoms with E-state index in [0.29, 0.717) is 5.92 Å². The summed E-state index contributed by atoms with van der Waals surface area (Å²) < 4.78 is 5.37. The fourth-order valence-corrected chi connectivity index (χ4v) is 2.70. The molecular formula is C12H20N4O. The van der Waals surface area contributed by atoms with E-state index < -0.39 is 0 Å². The summed E-state index contributed by atoms with van der Waals surface area (Å²) in [6.45, 7) is 3.28. The molecule has 2 N–H and O–H groups in total. The van der Waals surface area contributed by atoms with Crippen molar-refractivity contribution in [2.24, 2.45) is 5.92 Å². The van der Waals surface area contributed by atoms with E-state index in [4.69, 9.17) is 4.52 Å². The number of aromatic nitrogens is 2. The second-order valence-corrected chi connectivity index (χ2v) is 5.11. The highest BCUT2D eigenvalue weighted by Crippen LogP contribution is 2.22. The van der Waals surface area contributed by atoms with Crippen molar-refractivity contribution in [2.75, 3.05) is 19.6 Å². The van der Waals surface area contributed by atoms with Crippen molar-refractivity contribution in [1.29, 1.82) is 0 Å². The van der Waals surface area contributed by atoms with Crippen LogP contribution in [0.1, 0.15) is 43.4 Å². The number of nitrogens with zero attached hydrogens (tertiary/aromatic N) is 2. The highest BCUT2D eigenvalue weighted by molar-refractivity contribution is 4.96. The maximum Gasteiger partial charge on any atom is 0.243 e. The van der Waals surface area contributed by atoms with Gasteiger partial charge in [-0.2, -0.15) is 4.98 Å². The predicted octanol–water partition coefficient (Wildman–Crippen LogP) is 1.04. The van der Waals surface area contributed by atoms with Crippen LogP contribution in [-0.2, 0) is 6.42 Å². The van der Waals surface area contributed by atoms with Crippen LogP contribution in [0.5, 0.6) is 0 Å². The Balaban J connectivity index is 1.60. The second-order valence-electron chi connectivity index (χ2n) is 5.11. The van der Waals surface area contributed by atoms with Crippen LogP contribution in [-0.4, -0.2) is 29.8 Å². The van der Waals surface area contributed by atoms with Crippen LogP contribution in [0.4, 0.5) is 0 Å². The van der Waals surface area contributed by atoms with E-state index in [1.165, 1.54) is 19.3 Å². The molecule has 5 heteroatoms. The minimum atomic E-state index is 0.284. The van der Waals surface area contributed by atoms with Crippen LogP contribution < -0.4 is 10.6 Å². The molecule has 3 rings (SSSR count). The fourth-order valence-electron chi connectivity index (χ4n) is 2.70.